The van der Waals surface area contributed by atoms with Crippen molar-refractivity contribution in [1.82, 2.24) is 5.32 Å². The number of aliphatic hydroxyl groups excluding tert-OH is 5. The summed E-state index contributed by atoms with van der Waals surface area (Å²) in [7, 11) is 0. The van der Waals surface area contributed by atoms with E-state index in [2.05, 4.69) is 55.6 Å². The fourth-order valence-corrected chi connectivity index (χ4v) is 8.48. The standard InChI is InChI=1S/C56H103NO8/c1-3-5-7-9-11-13-15-17-18-19-20-21-22-23-24-25-26-27-28-29-30-31-32-34-36-38-40-42-44-46-52(60)57-49(48-64-56-55(63)54(62)53(61)51(47-58)65-56)50(59)45-43-41-39-37-35-33-16-14-12-10-8-6-4-2/h12,14,19-20,35,37,43,45,49-51,53-56,58-59,61-63H,3-11,13,15-18,21-34,36,38-42,44,46-48H2,1-2H3,(H,57,60)/b14-12+,20-19-,37-35+,45-43+. The third kappa shape index (κ3) is 35.9. The van der Waals surface area contributed by atoms with Gasteiger partial charge in [-0.15, -0.1) is 0 Å². The van der Waals surface area contributed by atoms with E-state index in [1.807, 2.05) is 6.08 Å². The zero-order valence-electron chi connectivity index (χ0n) is 42.0. The van der Waals surface area contributed by atoms with E-state index in [1.165, 1.54) is 173 Å². The first-order valence-electron chi connectivity index (χ1n) is 27.4. The molecule has 9 nitrogen and oxygen atoms in total. The summed E-state index contributed by atoms with van der Waals surface area (Å²) < 4.78 is 11.2. The molecule has 1 fully saturated rings. The molecule has 0 spiro atoms. The molecule has 65 heavy (non-hydrogen) atoms. The van der Waals surface area contributed by atoms with E-state index in [0.29, 0.717) is 6.42 Å². The Balaban J connectivity index is 2.18. The molecule has 0 radical (unpaired) electrons. The Morgan fingerprint density at radius 3 is 1.32 bits per heavy atom. The van der Waals surface area contributed by atoms with Crippen LogP contribution in [0.2, 0.25) is 0 Å². The van der Waals surface area contributed by atoms with Crippen LogP contribution in [0, 0.1) is 0 Å². The molecule has 0 saturated carbocycles. The van der Waals surface area contributed by atoms with Crippen LogP contribution in [0.4, 0.5) is 0 Å². The topological polar surface area (TPSA) is 149 Å². The highest BCUT2D eigenvalue weighted by atomic mass is 16.7. The molecule has 9 heteroatoms. The molecule has 1 aliphatic heterocycles. The number of aliphatic hydroxyl groups is 5. The van der Waals surface area contributed by atoms with Crippen LogP contribution >= 0.6 is 0 Å². The Morgan fingerprint density at radius 2 is 0.877 bits per heavy atom. The van der Waals surface area contributed by atoms with Gasteiger partial charge in [0.1, 0.15) is 24.4 Å². The first kappa shape index (κ1) is 61.2. The second kappa shape index (κ2) is 45.9. The number of amides is 1. The Kier molecular flexibility index (Phi) is 43.2. The summed E-state index contributed by atoms with van der Waals surface area (Å²) in [4.78, 5) is 13.0. The lowest BCUT2D eigenvalue weighted by Gasteiger charge is -2.40. The second-order valence-electron chi connectivity index (χ2n) is 19.0. The van der Waals surface area contributed by atoms with Gasteiger partial charge in [-0.3, -0.25) is 4.79 Å². The maximum absolute atomic E-state index is 13.0. The second-order valence-corrected chi connectivity index (χ2v) is 19.0. The van der Waals surface area contributed by atoms with Gasteiger partial charge in [0.2, 0.25) is 5.91 Å². The zero-order chi connectivity index (χ0) is 47.3. The van der Waals surface area contributed by atoms with E-state index in [9.17, 15) is 30.3 Å². The third-order valence-electron chi connectivity index (χ3n) is 12.9. The normalized spacial score (nSPS) is 20.3. The third-order valence-corrected chi connectivity index (χ3v) is 12.9. The van der Waals surface area contributed by atoms with Gasteiger partial charge in [0.25, 0.3) is 0 Å². The maximum atomic E-state index is 13.0. The fourth-order valence-electron chi connectivity index (χ4n) is 8.48. The van der Waals surface area contributed by atoms with Crippen LogP contribution in [0.1, 0.15) is 245 Å². The molecule has 1 saturated heterocycles. The number of carbonyl (C=O) groups is 1. The van der Waals surface area contributed by atoms with E-state index < -0.39 is 49.5 Å². The number of allylic oxidation sites excluding steroid dienone is 7. The Hall–Kier alpha value is -1.85. The number of unbranched alkanes of at least 4 members (excludes halogenated alkanes) is 30. The van der Waals surface area contributed by atoms with E-state index >= 15 is 0 Å². The van der Waals surface area contributed by atoms with Crippen LogP contribution in [0.15, 0.2) is 48.6 Å². The van der Waals surface area contributed by atoms with Crippen molar-refractivity contribution in [2.75, 3.05) is 13.2 Å². The quantitative estimate of drug-likeness (QED) is 0.0261. The van der Waals surface area contributed by atoms with Gasteiger partial charge in [-0.05, 0) is 70.6 Å². The highest BCUT2D eigenvalue weighted by molar-refractivity contribution is 5.76. The molecule has 0 aromatic carbocycles. The highest BCUT2D eigenvalue weighted by Crippen LogP contribution is 2.23. The minimum atomic E-state index is -1.57. The molecule has 0 aliphatic carbocycles. The molecule has 0 bridgehead atoms. The number of hydrogen-bond donors (Lipinski definition) is 6. The number of hydrogen-bond acceptors (Lipinski definition) is 8. The van der Waals surface area contributed by atoms with Gasteiger partial charge in [-0.1, -0.05) is 217 Å². The van der Waals surface area contributed by atoms with E-state index in [-0.39, 0.29) is 12.5 Å². The molecule has 1 amide bonds. The molecule has 0 aromatic heterocycles. The van der Waals surface area contributed by atoms with Gasteiger partial charge in [0.15, 0.2) is 6.29 Å². The molecular formula is C56H103NO8. The zero-order valence-corrected chi connectivity index (χ0v) is 42.0. The van der Waals surface area contributed by atoms with E-state index in [1.54, 1.807) is 6.08 Å². The fraction of sp³-hybridized carbons (Fsp3) is 0.839. The monoisotopic (exact) mass is 918 g/mol. The van der Waals surface area contributed by atoms with Gasteiger partial charge in [-0.25, -0.2) is 0 Å². The lowest BCUT2D eigenvalue weighted by molar-refractivity contribution is -0.302. The summed E-state index contributed by atoms with van der Waals surface area (Å²) >= 11 is 0. The van der Waals surface area contributed by atoms with Crippen LogP contribution in [0.3, 0.4) is 0 Å². The predicted molar refractivity (Wildman–Crippen MR) is 272 cm³/mol. The van der Waals surface area contributed by atoms with Gasteiger partial charge in [-0.2, -0.15) is 0 Å². The molecule has 6 N–H and O–H groups in total. The van der Waals surface area contributed by atoms with Crippen LogP contribution in [0.5, 0.6) is 0 Å². The van der Waals surface area contributed by atoms with Crippen LogP contribution in [-0.4, -0.2) is 87.5 Å². The lowest BCUT2D eigenvalue weighted by atomic mass is 9.99. The largest absolute Gasteiger partial charge is 0.394 e. The number of carbonyl (C=O) groups excluding carboxylic acids is 1. The minimum Gasteiger partial charge on any atom is -0.394 e. The Morgan fingerprint density at radius 1 is 0.508 bits per heavy atom. The summed E-state index contributed by atoms with van der Waals surface area (Å²) in [5.74, 6) is -0.190. The molecule has 7 atom stereocenters. The average Bonchev–Trinajstić information content (AvgIpc) is 3.31. The summed E-state index contributed by atoms with van der Waals surface area (Å²) in [5.41, 5.74) is 0. The van der Waals surface area contributed by atoms with Crippen molar-refractivity contribution in [3.8, 4) is 0 Å². The molecule has 380 valence electrons. The highest BCUT2D eigenvalue weighted by Gasteiger charge is 2.44. The summed E-state index contributed by atoms with van der Waals surface area (Å²) in [6.07, 6.45) is 53.3. The first-order valence-corrected chi connectivity index (χ1v) is 27.4. The maximum Gasteiger partial charge on any atom is 0.220 e. The Bertz CT molecular complexity index is 1160. The lowest BCUT2D eigenvalue weighted by Crippen LogP contribution is -2.60. The van der Waals surface area contributed by atoms with Crippen molar-refractivity contribution in [3.63, 3.8) is 0 Å². The van der Waals surface area contributed by atoms with Crippen molar-refractivity contribution >= 4 is 5.91 Å². The molecule has 7 unspecified atom stereocenters. The van der Waals surface area contributed by atoms with E-state index in [4.69, 9.17) is 9.47 Å². The van der Waals surface area contributed by atoms with E-state index in [0.717, 1.165) is 51.4 Å². The number of ether oxygens (including phenoxy) is 2. The number of rotatable bonds is 46. The predicted octanol–water partition coefficient (Wildman–Crippen LogP) is 13.0. The van der Waals surface area contributed by atoms with Gasteiger partial charge in [0.05, 0.1) is 25.4 Å². The SMILES string of the molecule is CCCCC/C=C/CC/C=C/CC/C=C/C(O)C(COC1OC(CO)C(O)C(O)C1O)NC(=O)CCCCCCCCCCCCCCCCCCC/C=C\CCCCCCCCCC. The van der Waals surface area contributed by atoms with Crippen molar-refractivity contribution in [3.05, 3.63) is 48.6 Å². The average molecular weight is 918 g/mol. The van der Waals surface area contributed by atoms with Crippen LogP contribution in [-0.2, 0) is 14.3 Å². The summed E-state index contributed by atoms with van der Waals surface area (Å²) in [6, 6.07) is -0.826. The van der Waals surface area contributed by atoms with Crippen molar-refractivity contribution in [2.24, 2.45) is 0 Å². The van der Waals surface area contributed by atoms with Gasteiger partial charge in [0, 0.05) is 6.42 Å². The van der Waals surface area contributed by atoms with Gasteiger partial charge >= 0.3 is 0 Å². The van der Waals surface area contributed by atoms with Crippen molar-refractivity contribution < 1.29 is 39.8 Å². The molecular weight excluding hydrogens is 815 g/mol. The first-order chi connectivity index (χ1) is 31.8. The molecule has 1 aliphatic rings. The van der Waals surface area contributed by atoms with Crippen LogP contribution < -0.4 is 5.32 Å². The Labute approximate surface area is 399 Å². The summed E-state index contributed by atoms with van der Waals surface area (Å²) in [5, 5.41) is 54.3. The van der Waals surface area contributed by atoms with Crippen molar-refractivity contribution in [1.29, 1.82) is 0 Å². The van der Waals surface area contributed by atoms with Crippen molar-refractivity contribution in [2.45, 2.75) is 288 Å². The van der Waals surface area contributed by atoms with Gasteiger partial charge < -0.3 is 40.3 Å². The van der Waals surface area contributed by atoms with Crippen LogP contribution in [0.25, 0.3) is 0 Å². The molecule has 1 heterocycles. The minimum absolute atomic E-state index is 0.190. The summed E-state index contributed by atoms with van der Waals surface area (Å²) in [6.45, 7) is 3.73. The molecule has 1 rings (SSSR count). The number of nitrogens with one attached hydrogen (secondary N) is 1. The molecule has 0 aromatic rings. The smallest absolute Gasteiger partial charge is 0.220 e.